The molecule has 11 heteroatoms. The molecule has 4 aliphatic rings. The highest BCUT2D eigenvalue weighted by Gasteiger charge is 2.65. The molecule has 4 aliphatic heterocycles. The van der Waals surface area contributed by atoms with Crippen molar-refractivity contribution in [1.29, 1.82) is 0 Å². The summed E-state index contributed by atoms with van der Waals surface area (Å²) in [7, 11) is -3.94. The van der Waals surface area contributed by atoms with Gasteiger partial charge in [0.05, 0.1) is 19.8 Å². The Balaban J connectivity index is 1.53. The maximum absolute atomic E-state index is 12.5. The number of morpholine rings is 1. The Morgan fingerprint density at radius 2 is 1.74 bits per heavy atom. The molecule has 27 heavy (non-hydrogen) atoms. The molecule has 156 valence electrons. The van der Waals surface area contributed by atoms with Gasteiger partial charge in [0.2, 0.25) is 5.79 Å². The van der Waals surface area contributed by atoms with E-state index in [1.54, 1.807) is 13.8 Å². The lowest BCUT2D eigenvalue weighted by Crippen LogP contribution is -2.61. The minimum atomic E-state index is -3.94. The van der Waals surface area contributed by atoms with Gasteiger partial charge in [-0.1, -0.05) is 0 Å². The van der Waals surface area contributed by atoms with Crippen molar-refractivity contribution >= 4 is 10.3 Å². The summed E-state index contributed by atoms with van der Waals surface area (Å²) in [5.41, 5.74) is 0. The molecule has 0 bridgehead atoms. The SMILES string of the molecule is CC1(C)OC2[C@@H](CO[C@@]3(COS(=O)(=O)N4CCOCC4)OC(C)(C)O[C@@H]23)O1. The summed E-state index contributed by atoms with van der Waals surface area (Å²) in [6.07, 6.45) is -1.47. The molecule has 0 radical (unpaired) electrons. The van der Waals surface area contributed by atoms with Gasteiger partial charge in [0, 0.05) is 13.1 Å². The molecule has 0 N–H and O–H groups in total. The van der Waals surface area contributed by atoms with Crippen molar-refractivity contribution in [3.63, 3.8) is 0 Å². The third-order valence-electron chi connectivity index (χ3n) is 4.97. The highest BCUT2D eigenvalue weighted by atomic mass is 32.2. The topological polar surface area (TPSA) is 102 Å². The zero-order chi connectivity index (χ0) is 19.5. The van der Waals surface area contributed by atoms with E-state index < -0.39 is 39.9 Å². The monoisotopic (exact) mass is 409 g/mol. The first-order valence-electron chi connectivity index (χ1n) is 9.12. The van der Waals surface area contributed by atoms with Crippen LogP contribution in [0.1, 0.15) is 27.7 Å². The van der Waals surface area contributed by atoms with Crippen LogP contribution >= 0.6 is 0 Å². The van der Waals surface area contributed by atoms with Crippen LogP contribution in [0.2, 0.25) is 0 Å². The van der Waals surface area contributed by atoms with E-state index in [4.69, 9.17) is 32.6 Å². The highest BCUT2D eigenvalue weighted by molar-refractivity contribution is 7.84. The summed E-state index contributed by atoms with van der Waals surface area (Å²) in [6.45, 7) is 8.12. The zero-order valence-corrected chi connectivity index (χ0v) is 16.8. The fraction of sp³-hybridized carbons (Fsp3) is 1.00. The number of hydrogen-bond acceptors (Lipinski definition) is 9. The molecule has 1 unspecified atom stereocenters. The lowest BCUT2D eigenvalue weighted by Gasteiger charge is -2.40. The first kappa shape index (κ1) is 19.9. The molecule has 4 heterocycles. The van der Waals surface area contributed by atoms with Crippen molar-refractivity contribution in [2.24, 2.45) is 0 Å². The van der Waals surface area contributed by atoms with Crippen LogP contribution < -0.4 is 0 Å². The maximum atomic E-state index is 12.5. The van der Waals surface area contributed by atoms with E-state index in [9.17, 15) is 8.42 Å². The molecule has 0 aliphatic carbocycles. The van der Waals surface area contributed by atoms with Crippen molar-refractivity contribution < 1.29 is 41.0 Å². The smallest absolute Gasteiger partial charge is 0.338 e. The summed E-state index contributed by atoms with van der Waals surface area (Å²) >= 11 is 0. The van der Waals surface area contributed by atoms with Crippen molar-refractivity contribution in [3.8, 4) is 0 Å². The molecule has 0 saturated carbocycles. The molecule has 4 atom stereocenters. The summed E-state index contributed by atoms with van der Waals surface area (Å²) in [4.78, 5) is 0. The average Bonchev–Trinajstić information content (AvgIpc) is 3.05. The average molecular weight is 409 g/mol. The summed E-state index contributed by atoms with van der Waals surface area (Å²) in [5, 5.41) is 0. The second-order valence-electron chi connectivity index (χ2n) is 8.03. The van der Waals surface area contributed by atoms with E-state index in [1.807, 2.05) is 13.8 Å². The lowest BCUT2D eigenvalue weighted by molar-refractivity contribution is -0.290. The van der Waals surface area contributed by atoms with Crippen LogP contribution in [0.25, 0.3) is 0 Å². The van der Waals surface area contributed by atoms with Gasteiger partial charge in [-0.25, -0.2) is 0 Å². The second kappa shape index (κ2) is 6.57. The molecule has 0 amide bonds. The van der Waals surface area contributed by atoms with Crippen molar-refractivity contribution in [1.82, 2.24) is 4.31 Å². The summed E-state index contributed by atoms with van der Waals surface area (Å²) < 4.78 is 66.6. The normalized spacial score (nSPS) is 41.3. The van der Waals surface area contributed by atoms with Gasteiger partial charge in [-0.15, -0.1) is 0 Å². The van der Waals surface area contributed by atoms with Crippen LogP contribution in [0.4, 0.5) is 0 Å². The predicted molar refractivity (Wildman–Crippen MR) is 89.8 cm³/mol. The predicted octanol–water partition coefficient (Wildman–Crippen LogP) is -0.0219. The van der Waals surface area contributed by atoms with Gasteiger partial charge in [0.15, 0.2) is 11.6 Å². The van der Waals surface area contributed by atoms with Crippen molar-refractivity contribution in [2.75, 3.05) is 39.5 Å². The van der Waals surface area contributed by atoms with E-state index in [0.29, 0.717) is 13.2 Å². The molecule has 0 aromatic carbocycles. The van der Waals surface area contributed by atoms with E-state index in [2.05, 4.69) is 0 Å². The molecule has 0 aromatic heterocycles. The minimum Gasteiger partial charge on any atom is -0.379 e. The van der Waals surface area contributed by atoms with Gasteiger partial charge in [0.25, 0.3) is 0 Å². The van der Waals surface area contributed by atoms with Gasteiger partial charge >= 0.3 is 10.3 Å². The third-order valence-corrected chi connectivity index (χ3v) is 6.38. The lowest BCUT2D eigenvalue weighted by atomic mass is 9.98. The maximum Gasteiger partial charge on any atom is 0.338 e. The molecular weight excluding hydrogens is 382 g/mol. The van der Waals surface area contributed by atoms with Crippen molar-refractivity contribution in [3.05, 3.63) is 0 Å². The Bertz CT molecular complexity index is 675. The minimum absolute atomic E-state index is 0.186. The summed E-state index contributed by atoms with van der Waals surface area (Å²) in [5.74, 6) is -3.17. The molecule has 0 spiro atoms. The van der Waals surface area contributed by atoms with Gasteiger partial charge in [-0.3, -0.25) is 4.18 Å². The number of rotatable bonds is 4. The fourth-order valence-corrected chi connectivity index (χ4v) is 5.01. The van der Waals surface area contributed by atoms with Crippen LogP contribution in [0.3, 0.4) is 0 Å². The Morgan fingerprint density at radius 1 is 1.04 bits per heavy atom. The van der Waals surface area contributed by atoms with Crippen LogP contribution in [-0.2, 0) is 42.9 Å². The number of hydrogen-bond donors (Lipinski definition) is 0. The molecule has 4 fully saturated rings. The molecule has 10 nitrogen and oxygen atoms in total. The van der Waals surface area contributed by atoms with Gasteiger partial charge < -0.3 is 28.4 Å². The second-order valence-corrected chi connectivity index (χ2v) is 9.64. The van der Waals surface area contributed by atoms with Gasteiger partial charge in [-0.05, 0) is 27.7 Å². The quantitative estimate of drug-likeness (QED) is 0.634. The molecular formula is C16H27NO9S. The van der Waals surface area contributed by atoms with Crippen LogP contribution in [0.5, 0.6) is 0 Å². The standard InChI is InChI=1S/C16H27NO9S/c1-14(2)23-11-9-21-16(13(12(11)24-14)25-15(3,4)26-16)10-22-27(18,19)17-5-7-20-8-6-17/h11-13H,5-10H2,1-4H3/t11-,12?,13+,16+/m1/s1. The number of fused-ring (bicyclic) bond motifs is 3. The molecule has 4 rings (SSSR count). The Labute approximate surface area is 159 Å². The van der Waals surface area contributed by atoms with E-state index >= 15 is 0 Å². The largest absolute Gasteiger partial charge is 0.379 e. The Hall–Kier alpha value is -0.370. The summed E-state index contributed by atoms with van der Waals surface area (Å²) in [6, 6.07) is 0. The van der Waals surface area contributed by atoms with Crippen LogP contribution in [0.15, 0.2) is 0 Å². The van der Waals surface area contributed by atoms with Gasteiger partial charge in [-0.2, -0.15) is 12.7 Å². The fourth-order valence-electron chi connectivity index (χ4n) is 3.95. The Morgan fingerprint density at radius 3 is 2.44 bits per heavy atom. The highest BCUT2D eigenvalue weighted by Crippen LogP contribution is 2.47. The van der Waals surface area contributed by atoms with Crippen LogP contribution in [0, 0.1) is 0 Å². The van der Waals surface area contributed by atoms with E-state index in [1.165, 1.54) is 4.31 Å². The first-order valence-corrected chi connectivity index (χ1v) is 10.5. The third kappa shape index (κ3) is 3.77. The number of ether oxygens (including phenoxy) is 6. The zero-order valence-electron chi connectivity index (χ0n) is 16.0. The first-order chi connectivity index (χ1) is 12.5. The van der Waals surface area contributed by atoms with Crippen molar-refractivity contribution in [2.45, 2.75) is 63.4 Å². The molecule has 0 aromatic rings. The van der Waals surface area contributed by atoms with Crippen LogP contribution in [-0.4, -0.2) is 87.9 Å². The molecule has 4 saturated heterocycles. The van der Waals surface area contributed by atoms with Gasteiger partial charge in [0.1, 0.15) is 24.9 Å². The van der Waals surface area contributed by atoms with E-state index in [-0.39, 0.29) is 32.4 Å². The number of nitrogens with zero attached hydrogens (tertiary/aromatic N) is 1. The Kier molecular flexibility index (Phi) is 4.85. The van der Waals surface area contributed by atoms with E-state index in [0.717, 1.165) is 0 Å².